The smallest absolute Gasteiger partial charge is 0.268 e. The predicted octanol–water partition coefficient (Wildman–Crippen LogP) is 6.54. The lowest BCUT2D eigenvalue weighted by Crippen LogP contribution is -2.32. The molecular weight excluding hydrogens is 390 g/mol. The molecule has 4 heteroatoms. The van der Waals surface area contributed by atoms with Crippen molar-refractivity contribution in [1.29, 1.82) is 0 Å². The molecular formula is C26H31NO2S. The van der Waals surface area contributed by atoms with Crippen LogP contribution in [-0.2, 0) is 9.59 Å². The lowest BCUT2D eigenvalue weighted by Gasteiger charge is -2.15. The zero-order valence-corrected chi connectivity index (χ0v) is 19.1. The van der Waals surface area contributed by atoms with Crippen molar-refractivity contribution in [3.63, 3.8) is 0 Å². The number of benzene rings is 2. The summed E-state index contributed by atoms with van der Waals surface area (Å²) in [5.41, 5.74) is 3.68. The van der Waals surface area contributed by atoms with Crippen molar-refractivity contribution in [3.05, 3.63) is 70.1 Å². The van der Waals surface area contributed by atoms with Crippen LogP contribution in [-0.4, -0.2) is 23.3 Å². The fourth-order valence-electron chi connectivity index (χ4n) is 3.66. The number of hydrogen-bond donors (Lipinski definition) is 0. The van der Waals surface area contributed by atoms with Crippen LogP contribution in [0.1, 0.15) is 62.1 Å². The summed E-state index contributed by atoms with van der Waals surface area (Å²) in [4.78, 5) is 29.5. The van der Waals surface area contributed by atoms with Crippen molar-refractivity contribution in [1.82, 2.24) is 4.90 Å². The van der Waals surface area contributed by atoms with Gasteiger partial charge in [0, 0.05) is 11.4 Å². The van der Waals surface area contributed by atoms with E-state index in [0.717, 1.165) is 35.3 Å². The van der Waals surface area contributed by atoms with Gasteiger partial charge in [-0.15, -0.1) is 0 Å². The molecule has 0 atom stereocenters. The first-order valence-corrected chi connectivity index (χ1v) is 11.8. The van der Waals surface area contributed by atoms with Crippen LogP contribution in [0.15, 0.2) is 58.3 Å². The van der Waals surface area contributed by atoms with Crippen LogP contribution >= 0.6 is 11.8 Å². The molecule has 0 saturated carbocycles. The summed E-state index contributed by atoms with van der Waals surface area (Å²) in [6.07, 6.45) is 6.76. The summed E-state index contributed by atoms with van der Waals surface area (Å²) in [6.45, 7) is 6.79. The molecule has 0 saturated heterocycles. The second-order valence-electron chi connectivity index (χ2n) is 7.95. The lowest BCUT2D eigenvalue weighted by molar-refractivity contribution is -0.136. The van der Waals surface area contributed by atoms with Gasteiger partial charge in [-0.25, -0.2) is 0 Å². The Hall–Kier alpha value is -2.33. The van der Waals surface area contributed by atoms with E-state index in [1.807, 2.05) is 55.5 Å². The van der Waals surface area contributed by atoms with E-state index < -0.39 is 0 Å². The molecule has 1 aliphatic heterocycles. The molecule has 0 N–H and O–H groups in total. The van der Waals surface area contributed by atoms with E-state index in [1.54, 1.807) is 0 Å². The third kappa shape index (κ3) is 5.23. The molecule has 0 bridgehead atoms. The van der Waals surface area contributed by atoms with Crippen LogP contribution in [0.4, 0.5) is 0 Å². The van der Waals surface area contributed by atoms with Gasteiger partial charge in [0.1, 0.15) is 0 Å². The zero-order chi connectivity index (χ0) is 21.5. The van der Waals surface area contributed by atoms with Gasteiger partial charge in [-0.05, 0) is 49.1 Å². The highest BCUT2D eigenvalue weighted by atomic mass is 32.2. The number of carbonyl (C=O) groups is 2. The van der Waals surface area contributed by atoms with E-state index >= 15 is 0 Å². The SMILES string of the molecule is CCCCCCCCN1C(=O)C(Sc2ccccc2)=C(c2ccc(C)c(C)c2)C1=O. The first-order valence-electron chi connectivity index (χ1n) is 10.9. The number of aryl methyl sites for hydroxylation is 2. The van der Waals surface area contributed by atoms with Crippen LogP contribution < -0.4 is 0 Å². The number of rotatable bonds is 10. The third-order valence-electron chi connectivity index (χ3n) is 5.62. The highest BCUT2D eigenvalue weighted by molar-refractivity contribution is 8.04. The topological polar surface area (TPSA) is 37.4 Å². The summed E-state index contributed by atoms with van der Waals surface area (Å²) >= 11 is 1.40. The highest BCUT2D eigenvalue weighted by Gasteiger charge is 2.39. The lowest BCUT2D eigenvalue weighted by atomic mass is 10.0. The second kappa shape index (κ2) is 10.6. The summed E-state index contributed by atoms with van der Waals surface area (Å²) in [6, 6.07) is 15.8. The van der Waals surface area contributed by atoms with Crippen molar-refractivity contribution >= 4 is 29.1 Å². The normalized spacial score (nSPS) is 14.2. The molecule has 0 unspecified atom stereocenters. The number of nitrogens with zero attached hydrogens (tertiary/aromatic N) is 1. The number of amides is 2. The Labute approximate surface area is 184 Å². The summed E-state index contributed by atoms with van der Waals surface area (Å²) in [5, 5.41) is 0. The maximum absolute atomic E-state index is 13.3. The van der Waals surface area contributed by atoms with Crippen LogP contribution in [0.3, 0.4) is 0 Å². The van der Waals surface area contributed by atoms with Gasteiger partial charge in [-0.2, -0.15) is 0 Å². The Morgan fingerprint density at radius 2 is 1.50 bits per heavy atom. The molecule has 0 fully saturated rings. The van der Waals surface area contributed by atoms with Crippen LogP contribution in [0.25, 0.3) is 5.57 Å². The maximum Gasteiger partial charge on any atom is 0.268 e. The number of unbranched alkanes of at least 4 members (excludes halogenated alkanes) is 5. The minimum atomic E-state index is -0.157. The quantitative estimate of drug-likeness (QED) is 0.323. The first-order chi connectivity index (χ1) is 14.5. The molecule has 0 aliphatic carbocycles. The fraction of sp³-hybridized carbons (Fsp3) is 0.385. The predicted molar refractivity (Wildman–Crippen MR) is 125 cm³/mol. The number of carbonyl (C=O) groups excluding carboxylic acids is 2. The average Bonchev–Trinajstić information content (AvgIpc) is 2.97. The van der Waals surface area contributed by atoms with Gasteiger partial charge in [-0.1, -0.05) is 87.2 Å². The monoisotopic (exact) mass is 421 g/mol. The fourth-order valence-corrected chi connectivity index (χ4v) is 4.69. The molecule has 0 aromatic heterocycles. The van der Waals surface area contributed by atoms with Crippen LogP contribution in [0.5, 0.6) is 0 Å². The number of imide groups is 1. The molecule has 158 valence electrons. The van der Waals surface area contributed by atoms with Gasteiger partial charge in [0.25, 0.3) is 11.8 Å². The zero-order valence-electron chi connectivity index (χ0n) is 18.2. The van der Waals surface area contributed by atoms with Gasteiger partial charge >= 0.3 is 0 Å². The van der Waals surface area contributed by atoms with E-state index in [2.05, 4.69) is 13.8 Å². The molecule has 1 aliphatic rings. The Morgan fingerprint density at radius 3 is 2.20 bits per heavy atom. The van der Waals surface area contributed by atoms with Gasteiger partial charge in [-0.3, -0.25) is 14.5 Å². The van der Waals surface area contributed by atoms with Crippen molar-refractivity contribution in [3.8, 4) is 0 Å². The largest absolute Gasteiger partial charge is 0.274 e. The highest BCUT2D eigenvalue weighted by Crippen LogP contribution is 2.40. The maximum atomic E-state index is 13.3. The third-order valence-corrected chi connectivity index (χ3v) is 6.71. The molecule has 3 rings (SSSR count). The summed E-state index contributed by atoms with van der Waals surface area (Å²) in [7, 11) is 0. The minimum absolute atomic E-state index is 0.157. The van der Waals surface area contributed by atoms with Gasteiger partial charge < -0.3 is 0 Å². The molecule has 0 spiro atoms. The molecule has 2 aromatic carbocycles. The van der Waals surface area contributed by atoms with E-state index in [0.29, 0.717) is 17.0 Å². The number of hydrogen-bond acceptors (Lipinski definition) is 3. The molecule has 2 aromatic rings. The van der Waals surface area contributed by atoms with Crippen molar-refractivity contribution < 1.29 is 9.59 Å². The van der Waals surface area contributed by atoms with Gasteiger partial charge in [0.2, 0.25) is 0 Å². The van der Waals surface area contributed by atoms with E-state index in [1.165, 1.54) is 41.5 Å². The average molecular weight is 422 g/mol. The van der Waals surface area contributed by atoms with Crippen LogP contribution in [0.2, 0.25) is 0 Å². The molecule has 3 nitrogen and oxygen atoms in total. The molecule has 2 amide bonds. The first kappa shape index (κ1) is 22.4. The molecule has 1 heterocycles. The van der Waals surface area contributed by atoms with Crippen molar-refractivity contribution in [2.75, 3.05) is 6.54 Å². The summed E-state index contributed by atoms with van der Waals surface area (Å²) < 4.78 is 0. The van der Waals surface area contributed by atoms with Gasteiger partial charge in [0.15, 0.2) is 0 Å². The minimum Gasteiger partial charge on any atom is -0.274 e. The Morgan fingerprint density at radius 1 is 0.800 bits per heavy atom. The second-order valence-corrected chi connectivity index (χ2v) is 9.03. The Balaban J connectivity index is 1.84. The van der Waals surface area contributed by atoms with E-state index in [9.17, 15) is 9.59 Å². The Bertz CT molecular complexity index is 933. The van der Waals surface area contributed by atoms with Gasteiger partial charge in [0.05, 0.1) is 10.5 Å². The number of thioether (sulfide) groups is 1. The molecule has 30 heavy (non-hydrogen) atoms. The van der Waals surface area contributed by atoms with E-state index in [-0.39, 0.29) is 11.8 Å². The van der Waals surface area contributed by atoms with E-state index in [4.69, 9.17) is 0 Å². The molecule has 0 radical (unpaired) electrons. The standard InChI is InChI=1S/C26H31NO2S/c1-4-5-6-7-8-12-17-27-25(28)23(21-16-15-19(2)20(3)18-21)24(26(27)29)30-22-13-10-9-11-14-22/h9-11,13-16,18H,4-8,12,17H2,1-3H3. The Kier molecular flexibility index (Phi) is 7.92. The van der Waals surface area contributed by atoms with Crippen LogP contribution in [0, 0.1) is 13.8 Å². The summed E-state index contributed by atoms with van der Waals surface area (Å²) in [5.74, 6) is -0.314. The van der Waals surface area contributed by atoms with Crippen molar-refractivity contribution in [2.24, 2.45) is 0 Å². The van der Waals surface area contributed by atoms with Crippen molar-refractivity contribution in [2.45, 2.75) is 64.2 Å².